The molecule has 0 saturated heterocycles. The van der Waals surface area contributed by atoms with Gasteiger partial charge in [-0.15, -0.1) is 0 Å². The van der Waals surface area contributed by atoms with Crippen LogP contribution in [-0.4, -0.2) is 7.11 Å². The standard InChI is InChI=1S/C15H12BrF3O/c1-8-3-4-9(5-11(8)17)15(16)14-12(18)6-10(20-2)7-13(14)19/h3-7,15H,1-2H3. The van der Waals surface area contributed by atoms with E-state index in [1.807, 2.05) is 0 Å². The van der Waals surface area contributed by atoms with E-state index >= 15 is 0 Å². The maximum atomic E-state index is 14.0. The topological polar surface area (TPSA) is 9.23 Å². The normalized spacial score (nSPS) is 12.3. The molecule has 5 heteroatoms. The molecule has 1 nitrogen and oxygen atoms in total. The van der Waals surface area contributed by atoms with Crippen molar-refractivity contribution in [2.45, 2.75) is 11.8 Å². The first kappa shape index (κ1) is 14.9. The molecule has 1 atom stereocenters. The lowest BCUT2D eigenvalue weighted by atomic mass is 10.0. The molecule has 0 N–H and O–H groups in total. The minimum atomic E-state index is -0.775. The van der Waals surface area contributed by atoms with Gasteiger partial charge in [-0.05, 0) is 24.1 Å². The molecule has 0 heterocycles. The summed E-state index contributed by atoms with van der Waals surface area (Å²) < 4.78 is 46.3. The van der Waals surface area contributed by atoms with Crippen LogP contribution in [0.15, 0.2) is 30.3 Å². The minimum Gasteiger partial charge on any atom is -0.497 e. The van der Waals surface area contributed by atoms with Crippen molar-refractivity contribution in [1.29, 1.82) is 0 Å². The Balaban J connectivity index is 2.47. The number of alkyl halides is 1. The number of benzene rings is 2. The number of ether oxygens (including phenoxy) is 1. The Hall–Kier alpha value is -1.49. The number of aryl methyl sites for hydroxylation is 1. The summed E-state index contributed by atoms with van der Waals surface area (Å²) in [5, 5.41) is 0. The monoisotopic (exact) mass is 344 g/mol. The van der Waals surface area contributed by atoms with Crippen molar-refractivity contribution in [3.8, 4) is 5.75 Å². The second kappa shape index (κ2) is 5.87. The summed E-state index contributed by atoms with van der Waals surface area (Å²) in [5.41, 5.74) is 0.745. The maximum absolute atomic E-state index is 14.0. The number of halogens is 4. The third-order valence-electron chi connectivity index (χ3n) is 3.03. The third-order valence-corrected chi connectivity index (χ3v) is 4.02. The van der Waals surface area contributed by atoms with Crippen molar-refractivity contribution >= 4 is 15.9 Å². The van der Waals surface area contributed by atoms with Crippen LogP contribution in [0.3, 0.4) is 0 Å². The van der Waals surface area contributed by atoms with Crippen LogP contribution in [0.2, 0.25) is 0 Å². The average Bonchev–Trinajstić information content (AvgIpc) is 2.40. The predicted octanol–water partition coefficient (Wildman–Crippen LogP) is 4.91. The van der Waals surface area contributed by atoms with Crippen LogP contribution in [0.1, 0.15) is 21.5 Å². The molecule has 0 fully saturated rings. The number of hydrogen-bond acceptors (Lipinski definition) is 1. The Morgan fingerprint density at radius 3 is 2.10 bits per heavy atom. The van der Waals surface area contributed by atoms with E-state index in [0.29, 0.717) is 11.1 Å². The molecule has 0 saturated carbocycles. The summed E-state index contributed by atoms with van der Waals surface area (Å²) in [6, 6.07) is 6.64. The highest BCUT2D eigenvalue weighted by molar-refractivity contribution is 9.09. The Morgan fingerprint density at radius 1 is 1.00 bits per heavy atom. The molecule has 0 aromatic heterocycles. The van der Waals surface area contributed by atoms with Crippen LogP contribution < -0.4 is 4.74 Å². The van der Waals surface area contributed by atoms with Crippen LogP contribution in [0.4, 0.5) is 13.2 Å². The minimum absolute atomic E-state index is 0.0959. The summed E-state index contributed by atoms with van der Waals surface area (Å²) >= 11 is 3.21. The first-order valence-electron chi connectivity index (χ1n) is 5.87. The van der Waals surface area contributed by atoms with Gasteiger partial charge in [0.1, 0.15) is 23.2 Å². The summed E-state index contributed by atoms with van der Waals surface area (Å²) in [6.07, 6.45) is 0. The fourth-order valence-electron chi connectivity index (χ4n) is 1.85. The highest BCUT2D eigenvalue weighted by Crippen LogP contribution is 2.36. The van der Waals surface area contributed by atoms with E-state index in [-0.39, 0.29) is 11.3 Å². The molecule has 2 aromatic rings. The molecule has 2 rings (SSSR count). The van der Waals surface area contributed by atoms with Gasteiger partial charge in [0.25, 0.3) is 0 Å². The van der Waals surface area contributed by atoms with Crippen molar-refractivity contribution in [2.75, 3.05) is 7.11 Å². The highest BCUT2D eigenvalue weighted by Gasteiger charge is 2.21. The van der Waals surface area contributed by atoms with Crippen molar-refractivity contribution in [3.05, 3.63) is 64.5 Å². The summed E-state index contributed by atoms with van der Waals surface area (Å²) in [4.78, 5) is -0.775. The van der Waals surface area contributed by atoms with Crippen molar-refractivity contribution in [3.63, 3.8) is 0 Å². The molecular weight excluding hydrogens is 333 g/mol. The van der Waals surface area contributed by atoms with E-state index in [9.17, 15) is 13.2 Å². The van der Waals surface area contributed by atoms with Gasteiger partial charge in [-0.3, -0.25) is 0 Å². The molecule has 0 bridgehead atoms. The molecule has 0 amide bonds. The molecule has 0 aliphatic rings. The Kier molecular flexibility index (Phi) is 4.38. The van der Waals surface area contributed by atoms with E-state index in [0.717, 1.165) is 12.1 Å². The molecule has 1 unspecified atom stereocenters. The number of rotatable bonds is 3. The van der Waals surface area contributed by atoms with E-state index in [2.05, 4.69) is 15.9 Å². The third kappa shape index (κ3) is 2.82. The SMILES string of the molecule is COc1cc(F)c(C(Br)c2ccc(C)c(F)c2)c(F)c1. The number of methoxy groups -OCH3 is 1. The van der Waals surface area contributed by atoms with Gasteiger partial charge in [0.2, 0.25) is 0 Å². The van der Waals surface area contributed by atoms with Crippen LogP contribution in [0.25, 0.3) is 0 Å². The maximum Gasteiger partial charge on any atom is 0.134 e. The lowest BCUT2D eigenvalue weighted by Gasteiger charge is -2.14. The van der Waals surface area contributed by atoms with Gasteiger partial charge in [0, 0.05) is 17.7 Å². The van der Waals surface area contributed by atoms with Gasteiger partial charge in [-0.25, -0.2) is 13.2 Å². The van der Waals surface area contributed by atoms with Crippen molar-refractivity contribution in [2.24, 2.45) is 0 Å². The summed E-state index contributed by atoms with van der Waals surface area (Å²) in [5.74, 6) is -1.81. The molecular formula is C15H12BrF3O. The van der Waals surface area contributed by atoms with Crippen LogP contribution in [-0.2, 0) is 0 Å². The lowest BCUT2D eigenvalue weighted by Crippen LogP contribution is -2.02. The Morgan fingerprint density at radius 2 is 1.60 bits per heavy atom. The largest absolute Gasteiger partial charge is 0.497 e. The van der Waals surface area contributed by atoms with Gasteiger partial charge < -0.3 is 4.74 Å². The van der Waals surface area contributed by atoms with Gasteiger partial charge in [-0.1, -0.05) is 28.1 Å². The number of hydrogen-bond donors (Lipinski definition) is 0. The fraction of sp³-hybridized carbons (Fsp3) is 0.200. The Bertz CT molecular complexity index is 620. The van der Waals surface area contributed by atoms with E-state index < -0.39 is 22.3 Å². The lowest BCUT2D eigenvalue weighted by molar-refractivity contribution is 0.405. The smallest absolute Gasteiger partial charge is 0.134 e. The summed E-state index contributed by atoms with van der Waals surface area (Å²) in [6.45, 7) is 1.62. The molecule has 0 aliphatic heterocycles. The fourth-order valence-corrected chi connectivity index (χ4v) is 2.58. The zero-order chi connectivity index (χ0) is 14.9. The molecule has 20 heavy (non-hydrogen) atoms. The predicted molar refractivity (Wildman–Crippen MR) is 74.8 cm³/mol. The van der Waals surface area contributed by atoms with E-state index in [4.69, 9.17) is 4.74 Å². The van der Waals surface area contributed by atoms with Gasteiger partial charge in [-0.2, -0.15) is 0 Å². The van der Waals surface area contributed by atoms with E-state index in [1.165, 1.54) is 13.2 Å². The molecule has 0 aliphatic carbocycles. The molecule has 2 aromatic carbocycles. The van der Waals surface area contributed by atoms with Gasteiger partial charge in [0.05, 0.1) is 11.9 Å². The van der Waals surface area contributed by atoms with Crippen molar-refractivity contribution in [1.82, 2.24) is 0 Å². The quantitative estimate of drug-likeness (QED) is 0.719. The average molecular weight is 345 g/mol. The molecule has 0 spiro atoms. The van der Waals surface area contributed by atoms with Crippen LogP contribution >= 0.6 is 15.9 Å². The van der Waals surface area contributed by atoms with Crippen LogP contribution in [0.5, 0.6) is 5.75 Å². The highest BCUT2D eigenvalue weighted by atomic mass is 79.9. The van der Waals surface area contributed by atoms with Gasteiger partial charge >= 0.3 is 0 Å². The zero-order valence-corrected chi connectivity index (χ0v) is 12.5. The Labute approximate surface area is 123 Å². The van der Waals surface area contributed by atoms with Gasteiger partial charge in [0.15, 0.2) is 0 Å². The second-order valence-corrected chi connectivity index (χ2v) is 5.29. The van der Waals surface area contributed by atoms with Crippen LogP contribution in [0, 0.1) is 24.4 Å². The summed E-state index contributed by atoms with van der Waals surface area (Å²) in [7, 11) is 1.33. The second-order valence-electron chi connectivity index (χ2n) is 4.38. The van der Waals surface area contributed by atoms with E-state index in [1.54, 1.807) is 19.1 Å². The molecule has 106 valence electrons. The molecule has 0 radical (unpaired) electrons. The van der Waals surface area contributed by atoms with Crippen molar-refractivity contribution < 1.29 is 17.9 Å². The first-order valence-corrected chi connectivity index (χ1v) is 6.78. The zero-order valence-electron chi connectivity index (χ0n) is 10.9. The first-order chi connectivity index (χ1) is 9.43.